The van der Waals surface area contributed by atoms with Crippen molar-refractivity contribution in [1.82, 2.24) is 24.9 Å². The van der Waals surface area contributed by atoms with Gasteiger partial charge < -0.3 is 58.4 Å². The Bertz CT molecular complexity index is 4960. The lowest BCUT2D eigenvalue weighted by Crippen LogP contribution is -2.30. The third kappa shape index (κ3) is 26.2. The van der Waals surface area contributed by atoms with E-state index in [1.54, 1.807) is 58.9 Å². The van der Waals surface area contributed by atoms with Crippen LogP contribution in [-0.2, 0) is 65.8 Å². The number of hydrogen-bond donors (Lipinski definition) is 2. The summed E-state index contributed by atoms with van der Waals surface area (Å²) in [5.41, 5.74) is 12.0. The summed E-state index contributed by atoms with van der Waals surface area (Å²) in [4.78, 5) is 85.1. The van der Waals surface area contributed by atoms with Crippen molar-refractivity contribution in [2.24, 2.45) is 0 Å². The molecule has 0 bridgehead atoms. The Labute approximate surface area is 713 Å². The lowest BCUT2D eigenvalue weighted by atomic mass is 10.0. The van der Waals surface area contributed by atoms with Crippen molar-refractivity contribution in [3.63, 3.8) is 0 Å². The first-order chi connectivity index (χ1) is 57.3. The molecule has 11 aromatic carbocycles. The van der Waals surface area contributed by atoms with Crippen molar-refractivity contribution in [3.8, 4) is 34.5 Å². The Balaban J connectivity index is 0.000000177. The topological polar surface area (TPSA) is 203 Å². The highest BCUT2D eigenvalue weighted by molar-refractivity contribution is 9.10. The van der Waals surface area contributed by atoms with E-state index in [1.807, 2.05) is 207 Å². The number of rotatable bonds is 33. The summed E-state index contributed by atoms with van der Waals surface area (Å²) in [6, 6.07) is 79.7. The SMILES string of the molecule is Brc1ccc2c(c1)CNC2.CCCCN(C)C(=O)c1cc(C(=O)Cl)c(OCc2ccccc2)cc1OCc1ccccc1.CCCCN(C)C(=O)c1cc(C(=O)N2Cc3ccc(Br)cc3C2)c(OCc2ccccc2)cc1OCc1ccccc1.CCCCN(C)C(=O)c1cc(C(=O)O)c(OCc2ccccc2)cc1OCc1ccccc1. The summed E-state index contributed by atoms with van der Waals surface area (Å²) in [7, 11) is 5.23. The number of benzene rings is 11. The highest BCUT2D eigenvalue weighted by atomic mass is 79.9. The first-order valence-electron chi connectivity index (χ1n) is 39.6. The number of nitrogens with one attached hydrogen (secondary N) is 1. The standard InChI is InChI=1S/C35H35BrN2O4.C27H28ClNO4.C27H29NO5.C8H8BrN/c1-3-4-17-37(2)34(39)30-19-31(35(40)38-21-27-15-16-29(36)18-28(27)22-38)33(42-24-26-13-9-6-10-14-26)20-32(30)41-23-25-11-7-5-8-12-25;1-3-4-15-29(2)27(31)23-16-22(26(28)30)24(32-18-20-11-7-5-8-12-20)17-25(23)33-19-21-13-9-6-10-14-21;1-3-4-15-28(2)26(29)22-16-23(27(30)31)25(33-19-21-13-9-6-10-14-21)17-24(22)32-18-20-11-7-5-8-12-20;9-8-2-1-6-4-10-5-7(6)3-8/h5-16,18-20H,3-4,17,21-24H2,1-2H3;5-14,16-17H,3-4,15,18-19H2,1-2H3;5-14,16-17H,3-4,15,18-19H2,1-2H3,(H,30,31);1-3,10H,4-5H2. The highest BCUT2D eigenvalue weighted by Gasteiger charge is 2.31. The van der Waals surface area contributed by atoms with Gasteiger partial charge in [0, 0.05) is 94.1 Å². The van der Waals surface area contributed by atoms with Crippen LogP contribution in [0.1, 0.15) is 177 Å². The number of carboxylic acids is 1. The normalized spacial score (nSPS) is 11.5. The monoisotopic (exact) mass is 1740 g/mol. The fourth-order valence-corrected chi connectivity index (χ4v) is 13.8. The van der Waals surface area contributed by atoms with Crippen LogP contribution in [-0.4, -0.2) is 100 Å². The summed E-state index contributed by atoms with van der Waals surface area (Å²) in [5.74, 6) is -0.234. The number of hydrogen-bond acceptors (Lipinski definition) is 13. The molecule has 2 N–H and O–H groups in total. The third-order valence-electron chi connectivity index (χ3n) is 19.6. The molecule has 118 heavy (non-hydrogen) atoms. The van der Waals surface area contributed by atoms with Crippen molar-refractivity contribution in [2.45, 2.75) is 125 Å². The van der Waals surface area contributed by atoms with Crippen LogP contribution >= 0.6 is 43.5 Å². The quantitative estimate of drug-likeness (QED) is 0.0368. The second kappa shape index (κ2) is 45.8. The molecule has 0 unspecified atom stereocenters. The first-order valence-corrected chi connectivity index (χ1v) is 41.5. The van der Waals surface area contributed by atoms with Crippen LogP contribution in [0.25, 0.3) is 0 Å². The van der Waals surface area contributed by atoms with Crippen molar-refractivity contribution in [3.05, 3.63) is 353 Å². The molecule has 0 saturated heterocycles. The Morgan fingerprint density at radius 2 is 0.636 bits per heavy atom. The molecule has 2 aliphatic rings. The predicted octanol–water partition coefficient (Wildman–Crippen LogP) is 21.2. The molecule has 0 fully saturated rings. The van der Waals surface area contributed by atoms with Crippen LogP contribution in [0, 0.1) is 0 Å². The average molecular weight is 1740 g/mol. The van der Waals surface area contributed by atoms with Crippen LogP contribution in [0.4, 0.5) is 0 Å². The molecule has 0 radical (unpaired) electrons. The molecular weight excluding hydrogens is 1640 g/mol. The molecular formula is C97H100Br2ClN5O13. The second-order valence-electron chi connectivity index (χ2n) is 28.6. The zero-order valence-electron chi connectivity index (χ0n) is 67.5. The van der Waals surface area contributed by atoms with Crippen molar-refractivity contribution in [1.29, 1.82) is 0 Å². The fourth-order valence-electron chi connectivity index (χ4n) is 12.8. The summed E-state index contributed by atoms with van der Waals surface area (Å²) in [6.45, 7) is 12.5. The van der Waals surface area contributed by atoms with Gasteiger partial charge in [0.2, 0.25) is 0 Å². The van der Waals surface area contributed by atoms with E-state index in [4.69, 9.17) is 40.0 Å². The Hall–Kier alpha value is -11.6. The van der Waals surface area contributed by atoms with Gasteiger partial charge in [0.25, 0.3) is 28.9 Å². The van der Waals surface area contributed by atoms with Gasteiger partial charge in [0.1, 0.15) is 79.7 Å². The molecule has 0 aromatic heterocycles. The zero-order chi connectivity index (χ0) is 83.7. The van der Waals surface area contributed by atoms with E-state index in [-0.39, 0.29) is 97.0 Å². The van der Waals surface area contributed by atoms with Gasteiger partial charge in [-0.3, -0.25) is 24.0 Å². The van der Waals surface area contributed by atoms with Crippen molar-refractivity contribution >= 4 is 78.3 Å². The number of unbranched alkanes of at least 4 members (excludes halogenated alkanes) is 3. The number of ether oxygens (including phenoxy) is 6. The molecule has 13 rings (SSSR count). The van der Waals surface area contributed by atoms with E-state index in [0.29, 0.717) is 66.8 Å². The predicted molar refractivity (Wildman–Crippen MR) is 469 cm³/mol. The molecule has 21 heteroatoms. The minimum Gasteiger partial charge on any atom is -0.488 e. The molecule has 18 nitrogen and oxygen atoms in total. The number of nitrogens with zero attached hydrogens (tertiary/aromatic N) is 4. The number of carbonyl (C=O) groups is 6. The van der Waals surface area contributed by atoms with Gasteiger partial charge in [0.05, 0.1) is 27.8 Å². The van der Waals surface area contributed by atoms with E-state index in [2.05, 4.69) is 69.2 Å². The van der Waals surface area contributed by atoms with Crippen LogP contribution in [0.5, 0.6) is 34.5 Å². The average Bonchev–Trinajstić information content (AvgIpc) is 1.19. The van der Waals surface area contributed by atoms with E-state index >= 15 is 0 Å². The maximum absolute atomic E-state index is 14.1. The molecule has 2 heterocycles. The Morgan fingerprint density at radius 1 is 0.356 bits per heavy atom. The summed E-state index contributed by atoms with van der Waals surface area (Å²) in [6.07, 6.45) is 5.49. The molecule has 11 aromatic rings. The van der Waals surface area contributed by atoms with Gasteiger partial charge in [0.15, 0.2) is 0 Å². The van der Waals surface area contributed by atoms with Crippen molar-refractivity contribution < 1.29 is 62.3 Å². The maximum Gasteiger partial charge on any atom is 0.339 e. The van der Waals surface area contributed by atoms with E-state index in [0.717, 1.165) is 101 Å². The smallest absolute Gasteiger partial charge is 0.339 e. The van der Waals surface area contributed by atoms with Gasteiger partial charge in [-0.2, -0.15) is 0 Å². The van der Waals surface area contributed by atoms with Crippen molar-refractivity contribution in [2.75, 3.05) is 40.8 Å². The molecule has 0 atom stereocenters. The van der Waals surface area contributed by atoms with Crippen LogP contribution < -0.4 is 33.7 Å². The van der Waals surface area contributed by atoms with E-state index in [9.17, 15) is 33.9 Å². The molecule has 4 amide bonds. The highest BCUT2D eigenvalue weighted by Crippen LogP contribution is 2.38. The van der Waals surface area contributed by atoms with Gasteiger partial charge in [-0.15, -0.1) is 0 Å². The minimum atomic E-state index is -1.17. The molecule has 0 saturated carbocycles. The Morgan fingerprint density at radius 3 is 0.966 bits per heavy atom. The van der Waals surface area contributed by atoms with Crippen LogP contribution in [0.2, 0.25) is 0 Å². The zero-order valence-corrected chi connectivity index (χ0v) is 71.4. The molecule has 612 valence electrons. The molecule has 0 spiro atoms. The number of halogens is 3. The molecule has 2 aliphatic heterocycles. The third-order valence-corrected chi connectivity index (χ3v) is 20.8. The Kier molecular flexibility index (Phi) is 34.5. The lowest BCUT2D eigenvalue weighted by molar-refractivity contribution is 0.0688. The number of carbonyl (C=O) groups excluding carboxylic acids is 5. The summed E-state index contributed by atoms with van der Waals surface area (Å²) < 4.78 is 38.5. The van der Waals surface area contributed by atoms with Gasteiger partial charge >= 0.3 is 5.97 Å². The van der Waals surface area contributed by atoms with E-state index in [1.165, 1.54) is 33.8 Å². The lowest BCUT2D eigenvalue weighted by Gasteiger charge is -2.23. The second-order valence-corrected chi connectivity index (χ2v) is 30.8. The number of carboxylic acid groups (broad SMARTS) is 1. The number of amides is 4. The number of fused-ring (bicyclic) bond motifs is 2. The number of aromatic carboxylic acids is 1. The maximum atomic E-state index is 14.1. The van der Waals surface area contributed by atoms with Crippen LogP contribution in [0.15, 0.2) is 264 Å². The largest absolute Gasteiger partial charge is 0.488 e. The first kappa shape index (κ1) is 88.8. The summed E-state index contributed by atoms with van der Waals surface area (Å²) in [5, 5.41) is 12.4. The fraction of sp³-hybridized carbons (Fsp3) is 0.258. The van der Waals surface area contributed by atoms with E-state index < -0.39 is 11.2 Å². The summed E-state index contributed by atoms with van der Waals surface area (Å²) >= 11 is 12.8. The minimum absolute atomic E-state index is 0.0785. The van der Waals surface area contributed by atoms with Crippen LogP contribution in [0.3, 0.4) is 0 Å². The van der Waals surface area contributed by atoms with Gasteiger partial charge in [-0.05, 0) is 129 Å². The van der Waals surface area contributed by atoms with Gasteiger partial charge in [-0.1, -0.05) is 266 Å². The molecule has 0 aliphatic carbocycles. The van der Waals surface area contributed by atoms with Gasteiger partial charge in [-0.25, -0.2) is 4.79 Å².